The number of ether oxygens (including phenoxy) is 1. The van der Waals surface area contributed by atoms with E-state index in [1.54, 1.807) is 22.7 Å². The number of urea groups is 1. The van der Waals surface area contributed by atoms with E-state index in [0.717, 1.165) is 17.1 Å². The largest absolute Gasteiger partial charge is 0.494 e. The molecule has 1 aliphatic rings. The Morgan fingerprint density at radius 1 is 1.33 bits per heavy atom. The van der Waals surface area contributed by atoms with Crippen LogP contribution in [0.15, 0.2) is 48.5 Å². The van der Waals surface area contributed by atoms with Crippen molar-refractivity contribution in [2.75, 3.05) is 24.2 Å². The summed E-state index contributed by atoms with van der Waals surface area (Å²) in [4.78, 5) is 14.3. The van der Waals surface area contributed by atoms with Gasteiger partial charge in [0.25, 0.3) is 0 Å². The summed E-state index contributed by atoms with van der Waals surface area (Å²) in [6, 6.07) is 13.5. The van der Waals surface area contributed by atoms with Crippen LogP contribution in [-0.4, -0.2) is 29.8 Å². The Morgan fingerprint density at radius 2 is 2.12 bits per heavy atom. The van der Waals surface area contributed by atoms with Gasteiger partial charge in [-0.3, -0.25) is 0 Å². The van der Waals surface area contributed by atoms with Crippen molar-refractivity contribution in [1.82, 2.24) is 4.90 Å². The molecule has 0 aromatic heterocycles. The average Bonchev–Trinajstić information content (AvgIpc) is 3.07. The molecule has 3 rings (SSSR count). The number of nitrogens with zero attached hydrogens (tertiary/aromatic N) is 1. The lowest BCUT2D eigenvalue weighted by molar-refractivity contribution is 0.214. The van der Waals surface area contributed by atoms with Crippen LogP contribution in [0.5, 0.6) is 5.75 Å². The molecule has 0 bridgehead atoms. The highest BCUT2D eigenvalue weighted by Crippen LogP contribution is 2.38. The van der Waals surface area contributed by atoms with Crippen molar-refractivity contribution in [3.8, 4) is 5.75 Å². The van der Waals surface area contributed by atoms with Crippen molar-refractivity contribution in [1.29, 1.82) is 0 Å². The number of nitrogens with one attached hydrogen (secondary N) is 1. The van der Waals surface area contributed by atoms with Crippen molar-refractivity contribution in [2.45, 2.75) is 12.3 Å². The molecule has 1 atom stereocenters. The van der Waals surface area contributed by atoms with Gasteiger partial charge in [-0.1, -0.05) is 12.1 Å². The molecule has 1 heterocycles. The molecule has 0 saturated carbocycles. The van der Waals surface area contributed by atoms with Crippen molar-refractivity contribution >= 4 is 23.5 Å². The molecule has 1 fully saturated rings. The molecule has 126 valence electrons. The Bertz CT molecular complexity index is 708. The molecule has 6 heteroatoms. The van der Waals surface area contributed by atoms with Gasteiger partial charge in [0.2, 0.25) is 0 Å². The third-order valence-electron chi connectivity index (χ3n) is 3.70. The van der Waals surface area contributed by atoms with Gasteiger partial charge in [0.05, 0.1) is 6.61 Å². The van der Waals surface area contributed by atoms with E-state index in [0.29, 0.717) is 18.8 Å². The topological polar surface area (TPSA) is 41.6 Å². The molecule has 0 radical (unpaired) electrons. The quantitative estimate of drug-likeness (QED) is 0.886. The van der Waals surface area contributed by atoms with Crippen molar-refractivity contribution in [3.63, 3.8) is 0 Å². The fraction of sp³-hybridized carbons (Fsp3) is 0.278. The number of hydrogen-bond acceptors (Lipinski definition) is 3. The monoisotopic (exact) mass is 346 g/mol. The first-order valence-electron chi connectivity index (χ1n) is 7.85. The number of anilines is 1. The van der Waals surface area contributed by atoms with Gasteiger partial charge in [-0.15, -0.1) is 11.8 Å². The van der Waals surface area contributed by atoms with E-state index >= 15 is 0 Å². The molecular weight excluding hydrogens is 327 g/mol. The van der Waals surface area contributed by atoms with Gasteiger partial charge in [0.1, 0.15) is 16.9 Å². The molecule has 2 amide bonds. The number of amides is 2. The highest BCUT2D eigenvalue weighted by Gasteiger charge is 2.30. The Balaban J connectivity index is 1.69. The third kappa shape index (κ3) is 3.82. The lowest BCUT2D eigenvalue weighted by Crippen LogP contribution is -2.34. The molecule has 0 spiro atoms. The number of benzene rings is 2. The van der Waals surface area contributed by atoms with Crippen LogP contribution >= 0.6 is 11.8 Å². The maximum Gasteiger partial charge on any atom is 0.323 e. The molecule has 2 aromatic rings. The molecular formula is C18H19FN2O2S. The summed E-state index contributed by atoms with van der Waals surface area (Å²) in [5, 5.41) is 2.73. The highest BCUT2D eigenvalue weighted by atomic mass is 32.2. The maximum absolute atomic E-state index is 13.5. The predicted molar refractivity (Wildman–Crippen MR) is 94.9 cm³/mol. The van der Waals surface area contributed by atoms with Crippen LogP contribution in [0.2, 0.25) is 0 Å². The van der Waals surface area contributed by atoms with Gasteiger partial charge in [0.15, 0.2) is 0 Å². The highest BCUT2D eigenvalue weighted by molar-refractivity contribution is 7.99. The van der Waals surface area contributed by atoms with Gasteiger partial charge >= 0.3 is 6.03 Å². The number of carbonyl (C=O) groups is 1. The van der Waals surface area contributed by atoms with E-state index < -0.39 is 0 Å². The van der Waals surface area contributed by atoms with Gasteiger partial charge < -0.3 is 15.0 Å². The zero-order chi connectivity index (χ0) is 16.9. The molecule has 1 aliphatic heterocycles. The smallest absolute Gasteiger partial charge is 0.323 e. The SMILES string of the molecule is CCOc1ccc(NC(=O)N2CCSC2c2cccc(F)c2)cc1. The van der Waals surface area contributed by atoms with Crippen LogP contribution in [0.25, 0.3) is 0 Å². The number of thioether (sulfide) groups is 1. The van der Waals surface area contributed by atoms with E-state index in [4.69, 9.17) is 4.74 Å². The lowest BCUT2D eigenvalue weighted by Gasteiger charge is -2.24. The summed E-state index contributed by atoms with van der Waals surface area (Å²) in [6.07, 6.45) is 0. The van der Waals surface area contributed by atoms with Crippen LogP contribution in [0.1, 0.15) is 17.9 Å². The van der Waals surface area contributed by atoms with Crippen LogP contribution in [0, 0.1) is 5.82 Å². The van der Waals surface area contributed by atoms with Gasteiger partial charge in [-0.2, -0.15) is 0 Å². The molecule has 1 unspecified atom stereocenters. The Morgan fingerprint density at radius 3 is 2.83 bits per heavy atom. The number of carbonyl (C=O) groups excluding carboxylic acids is 1. The minimum absolute atomic E-state index is 0.164. The van der Waals surface area contributed by atoms with E-state index in [9.17, 15) is 9.18 Å². The first-order valence-corrected chi connectivity index (χ1v) is 8.90. The van der Waals surface area contributed by atoms with Crippen LogP contribution < -0.4 is 10.1 Å². The fourth-order valence-electron chi connectivity index (χ4n) is 2.61. The molecule has 4 nitrogen and oxygen atoms in total. The minimum atomic E-state index is -0.285. The van der Waals surface area contributed by atoms with Crippen LogP contribution in [-0.2, 0) is 0 Å². The first kappa shape index (κ1) is 16.6. The van der Waals surface area contributed by atoms with E-state index in [-0.39, 0.29) is 17.2 Å². The number of hydrogen-bond donors (Lipinski definition) is 1. The van der Waals surface area contributed by atoms with E-state index in [1.807, 2.05) is 37.3 Å². The molecule has 1 saturated heterocycles. The fourth-order valence-corrected chi connectivity index (χ4v) is 3.86. The van der Waals surface area contributed by atoms with Gasteiger partial charge in [-0.25, -0.2) is 9.18 Å². The second-order valence-corrected chi connectivity index (χ2v) is 6.55. The summed E-state index contributed by atoms with van der Waals surface area (Å²) in [5.74, 6) is 1.31. The van der Waals surface area contributed by atoms with Crippen molar-refractivity contribution < 1.29 is 13.9 Å². The summed E-state index contributed by atoms with van der Waals surface area (Å²) < 4.78 is 18.8. The normalized spacial score (nSPS) is 16.9. The summed E-state index contributed by atoms with van der Waals surface area (Å²) >= 11 is 1.64. The molecule has 0 aliphatic carbocycles. The second-order valence-electron chi connectivity index (χ2n) is 5.36. The van der Waals surface area contributed by atoms with E-state index in [1.165, 1.54) is 12.1 Å². The molecule has 24 heavy (non-hydrogen) atoms. The van der Waals surface area contributed by atoms with Gasteiger partial charge in [-0.05, 0) is 48.9 Å². The van der Waals surface area contributed by atoms with Gasteiger partial charge in [0, 0.05) is 18.0 Å². The zero-order valence-electron chi connectivity index (χ0n) is 13.4. The Hall–Kier alpha value is -2.21. The zero-order valence-corrected chi connectivity index (χ0v) is 14.2. The van der Waals surface area contributed by atoms with Crippen LogP contribution in [0.4, 0.5) is 14.9 Å². The molecule has 2 aromatic carbocycles. The summed E-state index contributed by atoms with van der Waals surface area (Å²) in [7, 11) is 0. The van der Waals surface area contributed by atoms with E-state index in [2.05, 4.69) is 5.32 Å². The third-order valence-corrected chi connectivity index (χ3v) is 4.96. The van der Waals surface area contributed by atoms with Crippen molar-refractivity contribution in [2.24, 2.45) is 0 Å². The second kappa shape index (κ2) is 7.57. The Kier molecular flexibility index (Phi) is 5.25. The predicted octanol–water partition coefficient (Wildman–Crippen LogP) is 4.50. The number of rotatable bonds is 4. The summed E-state index contributed by atoms with van der Waals surface area (Å²) in [6.45, 7) is 3.16. The lowest BCUT2D eigenvalue weighted by atomic mass is 10.2. The number of halogens is 1. The first-order chi connectivity index (χ1) is 11.7. The Labute approximate surface area is 145 Å². The standard InChI is InChI=1S/C18H19FN2O2S/c1-2-23-16-8-6-15(7-9-16)20-18(22)21-10-11-24-17(21)13-4-3-5-14(19)12-13/h3-9,12,17H,2,10-11H2,1H3,(H,20,22). The summed E-state index contributed by atoms with van der Waals surface area (Å²) in [5.41, 5.74) is 1.51. The van der Waals surface area contributed by atoms with Crippen LogP contribution in [0.3, 0.4) is 0 Å². The van der Waals surface area contributed by atoms with Crippen molar-refractivity contribution in [3.05, 3.63) is 59.9 Å². The average molecular weight is 346 g/mol. The maximum atomic E-state index is 13.5. The minimum Gasteiger partial charge on any atom is -0.494 e. The molecule has 1 N–H and O–H groups in total.